The molecule has 0 aromatic carbocycles. The van der Waals surface area contributed by atoms with Crippen molar-refractivity contribution in [2.75, 3.05) is 6.61 Å². The summed E-state index contributed by atoms with van der Waals surface area (Å²) < 4.78 is 48.6. The second kappa shape index (κ2) is 5.74. The van der Waals surface area contributed by atoms with Crippen molar-refractivity contribution in [3.8, 4) is 0 Å². The van der Waals surface area contributed by atoms with Gasteiger partial charge in [0.1, 0.15) is 12.2 Å². The van der Waals surface area contributed by atoms with Gasteiger partial charge in [0.15, 0.2) is 5.69 Å². The Morgan fingerprint density at radius 2 is 2.09 bits per heavy atom. The second-order valence-corrected chi connectivity index (χ2v) is 6.03. The van der Waals surface area contributed by atoms with E-state index in [9.17, 15) is 22.8 Å². The number of amides is 2. The minimum Gasteiger partial charge on any atom is -0.447 e. The van der Waals surface area contributed by atoms with Crippen LogP contribution in [-0.2, 0) is 22.2 Å². The van der Waals surface area contributed by atoms with Gasteiger partial charge in [-0.2, -0.15) is 13.2 Å². The molecule has 0 aliphatic carbocycles. The highest BCUT2D eigenvalue weighted by Gasteiger charge is 2.41. The molecule has 1 fully saturated rings. The van der Waals surface area contributed by atoms with Crippen molar-refractivity contribution in [3.63, 3.8) is 0 Å². The average molecular weight is 335 g/mol. The van der Waals surface area contributed by atoms with Gasteiger partial charge in [-0.15, -0.1) is 0 Å². The lowest BCUT2D eigenvalue weighted by Gasteiger charge is -2.25. The Morgan fingerprint density at radius 3 is 2.61 bits per heavy atom. The number of aromatic nitrogens is 2. The number of hydrogen-bond acceptors (Lipinski definition) is 5. The van der Waals surface area contributed by atoms with Gasteiger partial charge in [-0.25, -0.2) is 19.5 Å². The molecule has 0 radical (unpaired) electrons. The standard InChI is InChI=1S/C13H16F3N3O4/c1-12(2,3)23-11(21)19-8(6-22-10(19)20)4-18-5-9(17-7-18)13(14,15)16/h5,7-8H,4,6H2,1-3H3/t8-/m0/s1. The number of carbonyl (C=O) groups is 2. The molecule has 128 valence electrons. The highest BCUT2D eigenvalue weighted by molar-refractivity contribution is 5.89. The fourth-order valence-corrected chi connectivity index (χ4v) is 1.98. The van der Waals surface area contributed by atoms with Crippen LogP contribution in [0, 0.1) is 0 Å². The molecule has 1 aliphatic heterocycles. The lowest BCUT2D eigenvalue weighted by atomic mass is 10.2. The van der Waals surface area contributed by atoms with E-state index in [1.807, 2.05) is 0 Å². The van der Waals surface area contributed by atoms with E-state index in [1.165, 1.54) is 0 Å². The maximum atomic E-state index is 12.5. The zero-order valence-electron chi connectivity index (χ0n) is 12.8. The van der Waals surface area contributed by atoms with E-state index in [0.717, 1.165) is 22.0 Å². The largest absolute Gasteiger partial charge is 0.447 e. The second-order valence-electron chi connectivity index (χ2n) is 6.03. The summed E-state index contributed by atoms with van der Waals surface area (Å²) in [6.07, 6.45) is -4.56. The first-order chi connectivity index (χ1) is 10.5. The van der Waals surface area contributed by atoms with Crippen LogP contribution in [0.25, 0.3) is 0 Å². The van der Waals surface area contributed by atoms with Crippen molar-refractivity contribution < 1.29 is 32.2 Å². The molecule has 7 nitrogen and oxygen atoms in total. The average Bonchev–Trinajstić information content (AvgIpc) is 2.94. The molecule has 0 N–H and O–H groups in total. The zero-order valence-corrected chi connectivity index (χ0v) is 12.8. The summed E-state index contributed by atoms with van der Waals surface area (Å²) in [6.45, 7) is 4.69. The minimum atomic E-state index is -4.56. The first kappa shape index (κ1) is 17.1. The Labute approximate surface area is 130 Å². The molecule has 1 atom stereocenters. The van der Waals surface area contributed by atoms with Crippen LogP contribution in [0.15, 0.2) is 12.5 Å². The predicted octanol–water partition coefficient (Wildman–Crippen LogP) is 2.66. The highest BCUT2D eigenvalue weighted by atomic mass is 19.4. The Bertz CT molecular complexity index is 606. The highest BCUT2D eigenvalue weighted by Crippen LogP contribution is 2.27. The van der Waals surface area contributed by atoms with Crippen LogP contribution in [0.1, 0.15) is 26.5 Å². The van der Waals surface area contributed by atoms with E-state index in [-0.39, 0.29) is 13.2 Å². The number of cyclic esters (lactones) is 1. The number of imidazole rings is 1. The Balaban J connectivity index is 2.10. The number of nitrogens with zero attached hydrogens (tertiary/aromatic N) is 3. The van der Waals surface area contributed by atoms with Crippen LogP contribution >= 0.6 is 0 Å². The minimum absolute atomic E-state index is 0.0753. The molecule has 1 saturated heterocycles. The van der Waals surface area contributed by atoms with Gasteiger partial charge < -0.3 is 14.0 Å². The molecule has 0 bridgehead atoms. The quantitative estimate of drug-likeness (QED) is 0.831. The molecule has 2 amide bonds. The van der Waals surface area contributed by atoms with Crippen LogP contribution < -0.4 is 0 Å². The summed E-state index contributed by atoms with van der Waals surface area (Å²) in [5.74, 6) is 0. The van der Waals surface area contributed by atoms with E-state index in [1.54, 1.807) is 20.8 Å². The fraction of sp³-hybridized carbons (Fsp3) is 0.615. The van der Waals surface area contributed by atoms with E-state index in [4.69, 9.17) is 9.47 Å². The van der Waals surface area contributed by atoms with Gasteiger partial charge in [0, 0.05) is 12.7 Å². The van der Waals surface area contributed by atoms with Gasteiger partial charge in [0.05, 0.1) is 12.4 Å². The monoisotopic (exact) mass is 335 g/mol. The van der Waals surface area contributed by atoms with Gasteiger partial charge in [-0.3, -0.25) is 0 Å². The maximum absolute atomic E-state index is 12.5. The van der Waals surface area contributed by atoms with E-state index < -0.39 is 35.7 Å². The Morgan fingerprint density at radius 1 is 1.43 bits per heavy atom. The van der Waals surface area contributed by atoms with Crippen LogP contribution in [0.5, 0.6) is 0 Å². The summed E-state index contributed by atoms with van der Waals surface area (Å²) in [4.78, 5) is 27.7. The Kier molecular flexibility index (Phi) is 4.27. The van der Waals surface area contributed by atoms with Crippen molar-refractivity contribution in [2.24, 2.45) is 0 Å². The molecule has 2 heterocycles. The van der Waals surface area contributed by atoms with Gasteiger partial charge in [-0.05, 0) is 20.8 Å². The number of hydrogen-bond donors (Lipinski definition) is 0. The first-order valence-electron chi connectivity index (χ1n) is 6.75. The molecule has 1 aliphatic rings. The third-order valence-corrected chi connectivity index (χ3v) is 2.90. The molecule has 1 aromatic rings. The van der Waals surface area contributed by atoms with Crippen LogP contribution in [0.3, 0.4) is 0 Å². The number of alkyl halides is 3. The molecular formula is C13H16F3N3O4. The van der Waals surface area contributed by atoms with Crippen LogP contribution in [0.2, 0.25) is 0 Å². The van der Waals surface area contributed by atoms with Crippen molar-refractivity contribution in [1.29, 1.82) is 0 Å². The smallest absolute Gasteiger partial charge is 0.434 e. The fourth-order valence-electron chi connectivity index (χ4n) is 1.98. The van der Waals surface area contributed by atoms with E-state index in [0.29, 0.717) is 0 Å². The summed E-state index contributed by atoms with van der Waals surface area (Å²) in [7, 11) is 0. The number of ether oxygens (including phenoxy) is 2. The molecule has 1 aromatic heterocycles. The molecule has 0 saturated carbocycles. The third kappa shape index (κ3) is 4.14. The molecule has 10 heteroatoms. The molecule has 0 unspecified atom stereocenters. The number of carbonyl (C=O) groups excluding carboxylic acids is 2. The summed E-state index contributed by atoms with van der Waals surface area (Å²) in [6, 6.07) is -0.771. The predicted molar refractivity (Wildman–Crippen MR) is 70.4 cm³/mol. The van der Waals surface area contributed by atoms with Crippen molar-refractivity contribution >= 4 is 12.2 Å². The van der Waals surface area contributed by atoms with Crippen LogP contribution in [-0.4, -0.2) is 44.9 Å². The van der Waals surface area contributed by atoms with E-state index in [2.05, 4.69) is 4.98 Å². The molecular weight excluding hydrogens is 319 g/mol. The van der Waals surface area contributed by atoms with Gasteiger partial charge in [0.2, 0.25) is 0 Å². The lowest BCUT2D eigenvalue weighted by Crippen LogP contribution is -2.44. The van der Waals surface area contributed by atoms with Crippen molar-refractivity contribution in [2.45, 2.75) is 45.1 Å². The summed E-state index contributed by atoms with van der Waals surface area (Å²) >= 11 is 0. The van der Waals surface area contributed by atoms with Gasteiger partial charge >= 0.3 is 18.4 Å². The zero-order chi connectivity index (χ0) is 17.4. The third-order valence-electron chi connectivity index (χ3n) is 2.90. The van der Waals surface area contributed by atoms with Crippen LogP contribution in [0.4, 0.5) is 22.8 Å². The van der Waals surface area contributed by atoms with E-state index >= 15 is 0 Å². The number of imide groups is 1. The molecule has 23 heavy (non-hydrogen) atoms. The Hall–Kier alpha value is -2.26. The summed E-state index contributed by atoms with van der Waals surface area (Å²) in [5, 5.41) is 0. The SMILES string of the molecule is CC(C)(C)OC(=O)N1C(=O)OC[C@@H]1Cn1cnc(C(F)(F)F)c1. The summed E-state index contributed by atoms with van der Waals surface area (Å²) in [5.41, 5.74) is -1.87. The van der Waals surface area contributed by atoms with Gasteiger partial charge in [-0.1, -0.05) is 0 Å². The van der Waals surface area contributed by atoms with Crippen molar-refractivity contribution in [3.05, 3.63) is 18.2 Å². The first-order valence-corrected chi connectivity index (χ1v) is 6.75. The van der Waals surface area contributed by atoms with Crippen molar-refractivity contribution in [1.82, 2.24) is 14.5 Å². The van der Waals surface area contributed by atoms with Gasteiger partial charge in [0.25, 0.3) is 0 Å². The normalized spacial score (nSPS) is 19.0. The topological polar surface area (TPSA) is 73.7 Å². The number of rotatable bonds is 2. The molecule has 2 rings (SSSR count). The molecule has 0 spiro atoms. The maximum Gasteiger partial charge on any atom is 0.434 e. The number of halogens is 3. The lowest BCUT2D eigenvalue weighted by molar-refractivity contribution is -0.141.